The van der Waals surface area contributed by atoms with Crippen molar-refractivity contribution in [2.45, 2.75) is 39.9 Å². The van der Waals surface area contributed by atoms with Crippen molar-refractivity contribution in [1.82, 2.24) is 10.0 Å². The molecule has 0 saturated carbocycles. The van der Waals surface area contributed by atoms with Gasteiger partial charge in [0.2, 0.25) is 0 Å². The van der Waals surface area contributed by atoms with E-state index in [1.165, 1.54) is 0 Å². The van der Waals surface area contributed by atoms with E-state index < -0.39 is 36.3 Å². The van der Waals surface area contributed by atoms with Crippen LogP contribution < -0.4 is 5.32 Å². The van der Waals surface area contributed by atoms with Crippen molar-refractivity contribution < 1.29 is 38.1 Å². The number of anilines is 1. The molecule has 0 aromatic heterocycles. The Balaban J connectivity index is 2.33. The molecule has 0 unspecified atom stereocenters. The zero-order chi connectivity index (χ0) is 24.1. The maximum Gasteiger partial charge on any atom is 0.431 e. The molecule has 1 aromatic carbocycles. The van der Waals surface area contributed by atoms with E-state index in [2.05, 4.69) is 5.32 Å². The van der Waals surface area contributed by atoms with E-state index >= 15 is 0 Å². The molecule has 0 aliphatic carbocycles. The lowest BCUT2D eigenvalue weighted by atomic mass is 9.91. The average Bonchev–Trinajstić information content (AvgIpc) is 3.17. The summed E-state index contributed by atoms with van der Waals surface area (Å²) in [4.78, 5) is 52.4. The summed E-state index contributed by atoms with van der Waals surface area (Å²) in [5, 5.41) is 4.84. The number of esters is 2. The molecule has 1 N–H and O–H groups in total. The van der Waals surface area contributed by atoms with E-state index in [1.54, 1.807) is 52.0 Å². The number of amides is 2. The molecule has 3 rings (SSSR count). The Bertz CT molecular complexity index is 976. The molecule has 2 heterocycles. The minimum Gasteiger partial charge on any atom is -0.464 e. The normalized spacial score (nSPS) is 18.7. The van der Waals surface area contributed by atoms with Crippen LogP contribution in [0.5, 0.6) is 0 Å². The molecule has 178 valence electrons. The van der Waals surface area contributed by atoms with Crippen LogP contribution in [0.3, 0.4) is 0 Å². The van der Waals surface area contributed by atoms with E-state index in [-0.39, 0.29) is 32.0 Å². The van der Waals surface area contributed by atoms with Crippen LogP contribution in [-0.2, 0) is 28.5 Å². The first-order valence-corrected chi connectivity index (χ1v) is 10.8. The van der Waals surface area contributed by atoms with Gasteiger partial charge in [-0.1, -0.05) is 18.2 Å². The van der Waals surface area contributed by atoms with E-state index in [9.17, 15) is 19.2 Å². The zero-order valence-corrected chi connectivity index (χ0v) is 19.0. The number of nitrogens with one attached hydrogen (secondary N) is 1. The van der Waals surface area contributed by atoms with Gasteiger partial charge in [0, 0.05) is 16.8 Å². The van der Waals surface area contributed by atoms with E-state index in [0.29, 0.717) is 16.8 Å². The lowest BCUT2D eigenvalue weighted by Gasteiger charge is -2.44. The van der Waals surface area contributed by atoms with Crippen molar-refractivity contribution in [3.05, 3.63) is 35.4 Å². The molecule has 2 atom stereocenters. The Labute approximate surface area is 191 Å². The van der Waals surface area contributed by atoms with Crippen molar-refractivity contribution in [3.63, 3.8) is 0 Å². The second-order valence-electron chi connectivity index (χ2n) is 6.88. The third-order valence-electron chi connectivity index (χ3n) is 4.98. The van der Waals surface area contributed by atoms with Crippen LogP contribution in [0, 0.1) is 0 Å². The average molecular weight is 461 g/mol. The Morgan fingerprint density at radius 2 is 1.39 bits per heavy atom. The van der Waals surface area contributed by atoms with Gasteiger partial charge in [-0.25, -0.2) is 19.2 Å². The highest BCUT2D eigenvalue weighted by atomic mass is 16.6. The number of hydrogen-bond donors (Lipinski definition) is 1. The Morgan fingerprint density at radius 3 is 2.00 bits per heavy atom. The summed E-state index contributed by atoms with van der Waals surface area (Å²) in [5.74, 6) is -1.73. The highest BCUT2D eigenvalue weighted by Gasteiger charge is 2.55. The molecule has 0 fully saturated rings. The maximum atomic E-state index is 13.2. The van der Waals surface area contributed by atoms with Crippen LogP contribution in [-0.4, -0.2) is 72.8 Å². The number of hydrazine groups is 1. The molecule has 11 nitrogen and oxygen atoms in total. The topological polar surface area (TPSA) is 124 Å². The molecule has 2 aliphatic heterocycles. The molecule has 11 heteroatoms. The van der Waals surface area contributed by atoms with Gasteiger partial charge in [-0.05, 0) is 33.8 Å². The molecule has 2 amide bonds. The lowest BCUT2D eigenvalue weighted by Crippen LogP contribution is -2.66. The van der Waals surface area contributed by atoms with Crippen LogP contribution in [0.1, 0.15) is 33.3 Å². The standard InChI is InChI=1S/C22H27N3O8/c1-5-30-19(26)16-15-13-11-9-10-12-14(13)23-18(15)25(22(29)33-8-4)24(21(28)32-7-3)17(16)20(27)31-6-2/h9-12,17-18,23H,5-8H2,1-4H3/t17-,18+/m0/s1. The minimum atomic E-state index is -1.63. The summed E-state index contributed by atoms with van der Waals surface area (Å²) in [6, 6.07) is 5.38. The zero-order valence-electron chi connectivity index (χ0n) is 19.0. The summed E-state index contributed by atoms with van der Waals surface area (Å²) >= 11 is 0. The molecule has 0 bridgehead atoms. The second-order valence-corrected chi connectivity index (χ2v) is 6.88. The number of para-hydroxylation sites is 1. The number of fused-ring (bicyclic) bond motifs is 3. The molecular weight excluding hydrogens is 434 g/mol. The quantitative estimate of drug-likeness (QED) is 0.503. The monoisotopic (exact) mass is 461 g/mol. The molecule has 0 spiro atoms. The van der Waals surface area contributed by atoms with Gasteiger partial charge in [-0.3, -0.25) is 0 Å². The maximum absolute atomic E-state index is 13.2. The fourth-order valence-electron chi connectivity index (χ4n) is 3.84. The molecular formula is C22H27N3O8. The lowest BCUT2D eigenvalue weighted by molar-refractivity contribution is -0.158. The summed E-state index contributed by atoms with van der Waals surface area (Å²) in [5.41, 5.74) is 1.38. The fourth-order valence-corrected chi connectivity index (χ4v) is 3.84. The number of benzene rings is 1. The molecule has 0 radical (unpaired) electrons. The number of nitrogens with zero attached hydrogens (tertiary/aromatic N) is 2. The summed E-state index contributed by atoms with van der Waals surface area (Å²) in [7, 11) is 0. The van der Waals surface area contributed by atoms with Gasteiger partial charge in [0.25, 0.3) is 0 Å². The van der Waals surface area contributed by atoms with Crippen LogP contribution in [0.15, 0.2) is 29.8 Å². The number of carbonyl (C=O) groups excluding carboxylic acids is 4. The predicted octanol–water partition coefficient (Wildman–Crippen LogP) is 2.53. The molecule has 2 aliphatic rings. The number of carbonyl (C=O) groups is 4. The third kappa shape index (κ3) is 4.30. The SMILES string of the molecule is CCOC(=O)C1=C2c3ccccc3N[C@@H]2N(C(=O)OCC)N(C(=O)OCC)[C@@H]1C(=O)OCC. The molecule has 0 saturated heterocycles. The van der Waals surface area contributed by atoms with Gasteiger partial charge in [0.05, 0.1) is 32.0 Å². The first-order chi connectivity index (χ1) is 15.9. The summed E-state index contributed by atoms with van der Waals surface area (Å²) in [6.07, 6.45) is -2.97. The van der Waals surface area contributed by atoms with Crippen LogP contribution in [0.25, 0.3) is 5.57 Å². The van der Waals surface area contributed by atoms with E-state index in [1.807, 2.05) is 0 Å². The van der Waals surface area contributed by atoms with Crippen molar-refractivity contribution in [3.8, 4) is 0 Å². The molecule has 33 heavy (non-hydrogen) atoms. The van der Waals surface area contributed by atoms with E-state index in [0.717, 1.165) is 10.0 Å². The van der Waals surface area contributed by atoms with Gasteiger partial charge >= 0.3 is 24.1 Å². The van der Waals surface area contributed by atoms with Crippen molar-refractivity contribution >= 4 is 35.4 Å². The highest BCUT2D eigenvalue weighted by Crippen LogP contribution is 2.44. The third-order valence-corrected chi connectivity index (χ3v) is 4.98. The Kier molecular flexibility index (Phi) is 7.41. The first kappa shape index (κ1) is 23.9. The van der Waals surface area contributed by atoms with Gasteiger partial charge in [-0.15, -0.1) is 0 Å². The predicted molar refractivity (Wildman–Crippen MR) is 116 cm³/mol. The minimum absolute atomic E-state index is 0.0134. The van der Waals surface area contributed by atoms with Crippen molar-refractivity contribution in [2.75, 3.05) is 31.7 Å². The van der Waals surface area contributed by atoms with Crippen LogP contribution in [0.2, 0.25) is 0 Å². The summed E-state index contributed by atoms with van der Waals surface area (Å²) < 4.78 is 20.8. The Hall–Kier alpha value is -3.76. The number of rotatable bonds is 6. The van der Waals surface area contributed by atoms with Crippen molar-refractivity contribution in [1.29, 1.82) is 0 Å². The fraction of sp³-hybridized carbons (Fsp3) is 0.455. The van der Waals surface area contributed by atoms with Gasteiger partial charge in [-0.2, -0.15) is 10.0 Å². The Morgan fingerprint density at radius 1 is 0.818 bits per heavy atom. The van der Waals surface area contributed by atoms with E-state index in [4.69, 9.17) is 18.9 Å². The smallest absolute Gasteiger partial charge is 0.431 e. The van der Waals surface area contributed by atoms with Gasteiger partial charge in [0.15, 0.2) is 12.2 Å². The highest BCUT2D eigenvalue weighted by molar-refractivity contribution is 6.10. The van der Waals surface area contributed by atoms with Gasteiger partial charge < -0.3 is 24.3 Å². The molecule has 1 aromatic rings. The van der Waals surface area contributed by atoms with Crippen molar-refractivity contribution in [2.24, 2.45) is 0 Å². The summed E-state index contributed by atoms with van der Waals surface area (Å²) in [6.45, 7) is 6.39. The second kappa shape index (κ2) is 10.2. The van der Waals surface area contributed by atoms with Crippen LogP contribution >= 0.6 is 0 Å². The van der Waals surface area contributed by atoms with Gasteiger partial charge in [0.1, 0.15) is 0 Å². The number of ether oxygens (including phenoxy) is 4. The first-order valence-electron chi connectivity index (χ1n) is 10.8. The largest absolute Gasteiger partial charge is 0.464 e. The number of hydrogen-bond acceptors (Lipinski definition) is 9. The van der Waals surface area contributed by atoms with Crippen LogP contribution in [0.4, 0.5) is 15.3 Å².